The molecule has 0 aromatic heterocycles. The van der Waals surface area contributed by atoms with Crippen molar-refractivity contribution in [3.63, 3.8) is 0 Å². The van der Waals surface area contributed by atoms with Crippen LogP contribution in [-0.2, 0) is 0 Å². The van der Waals surface area contributed by atoms with Gasteiger partial charge in [-0.3, -0.25) is 10.1 Å². The predicted molar refractivity (Wildman–Crippen MR) is 55.3 cm³/mol. The van der Waals surface area contributed by atoms with Crippen LogP contribution in [0.4, 0.5) is 18.9 Å². The van der Waals surface area contributed by atoms with Gasteiger partial charge in [-0.15, -0.1) is 0 Å². The van der Waals surface area contributed by atoms with Crippen molar-refractivity contribution >= 4 is 5.69 Å². The van der Waals surface area contributed by atoms with Gasteiger partial charge in [0.25, 0.3) is 5.69 Å². The van der Waals surface area contributed by atoms with Crippen molar-refractivity contribution in [2.24, 2.45) is 0 Å². The molecule has 1 atom stereocenters. The van der Waals surface area contributed by atoms with Crippen molar-refractivity contribution in [3.8, 4) is 5.75 Å². The molecule has 0 aliphatic carbocycles. The lowest BCUT2D eigenvalue weighted by Crippen LogP contribution is -2.20. The third kappa shape index (κ3) is 3.88. The van der Waals surface area contributed by atoms with E-state index >= 15 is 0 Å². The third-order valence-electron chi connectivity index (χ3n) is 2.05. The van der Waals surface area contributed by atoms with Crippen molar-refractivity contribution in [3.05, 3.63) is 33.9 Å². The second-order valence-corrected chi connectivity index (χ2v) is 3.56. The summed E-state index contributed by atoms with van der Waals surface area (Å²) >= 11 is 0. The summed E-state index contributed by atoms with van der Waals surface area (Å²) in [4.78, 5) is 9.80. The summed E-state index contributed by atoms with van der Waals surface area (Å²) in [5, 5.41) is 19.9. The van der Waals surface area contributed by atoms with Gasteiger partial charge in [0.15, 0.2) is 6.61 Å². The molecule has 0 spiro atoms. The minimum Gasteiger partial charge on any atom is -0.484 e. The zero-order chi connectivity index (χ0) is 13.9. The van der Waals surface area contributed by atoms with Gasteiger partial charge in [0.1, 0.15) is 5.75 Å². The zero-order valence-electron chi connectivity index (χ0n) is 9.27. The van der Waals surface area contributed by atoms with Crippen molar-refractivity contribution in [2.75, 3.05) is 6.61 Å². The molecule has 1 aromatic rings. The lowest BCUT2D eigenvalue weighted by atomic mass is 10.1. The van der Waals surface area contributed by atoms with Crippen LogP contribution < -0.4 is 4.74 Å². The highest BCUT2D eigenvalue weighted by Gasteiger charge is 2.29. The van der Waals surface area contributed by atoms with E-state index in [0.717, 1.165) is 18.2 Å². The van der Waals surface area contributed by atoms with Gasteiger partial charge in [-0.25, -0.2) is 0 Å². The molecule has 0 saturated heterocycles. The van der Waals surface area contributed by atoms with Crippen LogP contribution in [0, 0.1) is 10.1 Å². The number of benzene rings is 1. The lowest BCUT2D eigenvalue weighted by Gasteiger charge is -2.14. The van der Waals surface area contributed by atoms with E-state index in [4.69, 9.17) is 0 Å². The second kappa shape index (κ2) is 5.21. The van der Waals surface area contributed by atoms with Crippen LogP contribution in [-0.4, -0.2) is 22.8 Å². The third-order valence-corrected chi connectivity index (χ3v) is 2.05. The summed E-state index contributed by atoms with van der Waals surface area (Å²) in [7, 11) is 0. The molecule has 0 aliphatic rings. The van der Waals surface area contributed by atoms with E-state index in [0.29, 0.717) is 0 Å². The fraction of sp³-hybridized carbons (Fsp3) is 0.400. The van der Waals surface area contributed by atoms with Gasteiger partial charge in [0, 0.05) is 17.7 Å². The number of nitro groups is 1. The number of alkyl halides is 3. The van der Waals surface area contributed by atoms with Gasteiger partial charge >= 0.3 is 6.18 Å². The van der Waals surface area contributed by atoms with E-state index in [9.17, 15) is 28.4 Å². The Bertz CT molecular complexity index is 445. The summed E-state index contributed by atoms with van der Waals surface area (Å²) < 4.78 is 40.4. The molecular weight excluding hydrogens is 255 g/mol. The quantitative estimate of drug-likeness (QED) is 0.670. The smallest absolute Gasteiger partial charge is 0.422 e. The molecule has 0 saturated carbocycles. The van der Waals surface area contributed by atoms with E-state index in [1.54, 1.807) is 0 Å². The molecule has 0 aliphatic heterocycles. The standard InChI is InChI=1S/C10H10F3NO4/c1-6(15)8-4-7(14(16)17)2-3-9(8)18-5-10(11,12)13/h2-4,6,15H,5H2,1H3/t6-/m1/s1. The van der Waals surface area contributed by atoms with Crippen molar-refractivity contribution in [1.82, 2.24) is 0 Å². The van der Waals surface area contributed by atoms with Crippen molar-refractivity contribution in [2.45, 2.75) is 19.2 Å². The average molecular weight is 265 g/mol. The maximum Gasteiger partial charge on any atom is 0.422 e. The largest absolute Gasteiger partial charge is 0.484 e. The molecular formula is C10H10F3NO4. The number of aliphatic hydroxyl groups excluding tert-OH is 1. The average Bonchev–Trinajstić information content (AvgIpc) is 2.24. The first-order chi connectivity index (χ1) is 8.20. The van der Waals surface area contributed by atoms with E-state index in [2.05, 4.69) is 4.74 Å². The molecule has 0 amide bonds. The molecule has 100 valence electrons. The molecule has 5 nitrogen and oxygen atoms in total. The number of hydrogen-bond donors (Lipinski definition) is 1. The van der Waals surface area contributed by atoms with Gasteiger partial charge in [-0.2, -0.15) is 13.2 Å². The molecule has 1 aromatic carbocycles. The van der Waals surface area contributed by atoms with E-state index < -0.39 is 23.8 Å². The molecule has 1 rings (SSSR count). The van der Waals surface area contributed by atoms with Crippen LogP contribution in [0.2, 0.25) is 0 Å². The van der Waals surface area contributed by atoms with Gasteiger partial charge < -0.3 is 9.84 Å². The number of nitrogens with zero attached hydrogens (tertiary/aromatic N) is 1. The molecule has 0 radical (unpaired) electrons. The Labute approximate surface area is 99.9 Å². The van der Waals surface area contributed by atoms with Gasteiger partial charge in [0.05, 0.1) is 11.0 Å². The summed E-state index contributed by atoms with van der Waals surface area (Å²) in [5.41, 5.74) is -0.390. The second-order valence-electron chi connectivity index (χ2n) is 3.56. The van der Waals surface area contributed by atoms with Crippen molar-refractivity contribution < 1.29 is 27.9 Å². The number of aliphatic hydroxyl groups is 1. The minimum absolute atomic E-state index is 0.0616. The molecule has 18 heavy (non-hydrogen) atoms. The van der Waals surface area contributed by atoms with Gasteiger partial charge in [-0.1, -0.05) is 0 Å². The van der Waals surface area contributed by atoms with Crippen LogP contribution in [0.25, 0.3) is 0 Å². The van der Waals surface area contributed by atoms with Crippen molar-refractivity contribution in [1.29, 1.82) is 0 Å². The molecule has 8 heteroatoms. The Morgan fingerprint density at radius 2 is 2.11 bits per heavy atom. The van der Waals surface area contributed by atoms with Crippen LogP contribution in [0.1, 0.15) is 18.6 Å². The first-order valence-corrected chi connectivity index (χ1v) is 4.86. The molecule has 0 heterocycles. The van der Waals surface area contributed by atoms with Crippen LogP contribution in [0.15, 0.2) is 18.2 Å². The van der Waals surface area contributed by atoms with Gasteiger partial charge in [-0.05, 0) is 13.0 Å². The van der Waals surface area contributed by atoms with Crippen LogP contribution in [0.3, 0.4) is 0 Å². The van der Waals surface area contributed by atoms with E-state index in [1.807, 2.05) is 0 Å². The number of nitro benzene ring substituents is 1. The summed E-state index contributed by atoms with van der Waals surface area (Å²) in [6, 6.07) is 3.03. The normalized spacial score (nSPS) is 13.2. The summed E-state index contributed by atoms with van der Waals surface area (Å²) in [5.74, 6) is -0.229. The number of non-ortho nitro benzene ring substituents is 1. The molecule has 0 bridgehead atoms. The first kappa shape index (κ1) is 14.2. The van der Waals surface area contributed by atoms with Crippen LogP contribution >= 0.6 is 0 Å². The van der Waals surface area contributed by atoms with Crippen LogP contribution in [0.5, 0.6) is 5.75 Å². The monoisotopic (exact) mass is 265 g/mol. The zero-order valence-corrected chi connectivity index (χ0v) is 9.27. The lowest BCUT2D eigenvalue weighted by molar-refractivity contribution is -0.385. The Kier molecular flexibility index (Phi) is 4.12. The number of hydrogen-bond acceptors (Lipinski definition) is 4. The number of rotatable bonds is 4. The predicted octanol–water partition coefficient (Wildman–Crippen LogP) is 2.59. The highest BCUT2D eigenvalue weighted by atomic mass is 19.4. The SMILES string of the molecule is C[C@@H](O)c1cc([N+](=O)[O-])ccc1OCC(F)(F)F. The molecule has 1 N–H and O–H groups in total. The Morgan fingerprint density at radius 1 is 1.50 bits per heavy atom. The first-order valence-electron chi connectivity index (χ1n) is 4.86. The summed E-state index contributed by atoms with van der Waals surface area (Å²) in [6.45, 7) is -0.246. The number of ether oxygens (including phenoxy) is 1. The number of halogens is 3. The highest BCUT2D eigenvalue weighted by Crippen LogP contribution is 2.30. The van der Waals surface area contributed by atoms with E-state index in [-0.39, 0.29) is 17.0 Å². The minimum atomic E-state index is -4.52. The maximum absolute atomic E-state index is 12.0. The Balaban J connectivity index is 3.01. The Hall–Kier alpha value is -1.83. The fourth-order valence-corrected chi connectivity index (χ4v) is 1.27. The topological polar surface area (TPSA) is 72.6 Å². The molecule has 0 fully saturated rings. The summed E-state index contributed by atoms with van der Waals surface area (Å²) in [6.07, 6.45) is -5.69. The van der Waals surface area contributed by atoms with E-state index in [1.165, 1.54) is 6.92 Å². The molecule has 0 unspecified atom stereocenters. The fourth-order valence-electron chi connectivity index (χ4n) is 1.27. The Morgan fingerprint density at radius 3 is 2.56 bits per heavy atom. The maximum atomic E-state index is 12.0. The van der Waals surface area contributed by atoms with Gasteiger partial charge in [0.2, 0.25) is 0 Å². The highest BCUT2D eigenvalue weighted by molar-refractivity contribution is 5.44.